The van der Waals surface area contributed by atoms with Crippen molar-refractivity contribution >= 4 is 5.97 Å². The van der Waals surface area contributed by atoms with E-state index in [-0.39, 0.29) is 17.3 Å². The van der Waals surface area contributed by atoms with E-state index in [1.807, 2.05) is 30.3 Å². The average Bonchev–Trinajstić information content (AvgIpc) is 2.93. The van der Waals surface area contributed by atoms with Crippen molar-refractivity contribution in [1.29, 1.82) is 0 Å². The molecule has 2 aromatic carbocycles. The number of aromatic hydroxyl groups is 2. The van der Waals surface area contributed by atoms with E-state index in [2.05, 4.69) is 0 Å². The quantitative estimate of drug-likeness (QED) is 0.754. The van der Waals surface area contributed by atoms with Gasteiger partial charge in [-0.3, -0.25) is 0 Å². The van der Waals surface area contributed by atoms with E-state index < -0.39 is 5.97 Å². The minimum Gasteiger partial charge on any atom is -0.492 e. The van der Waals surface area contributed by atoms with Crippen molar-refractivity contribution in [1.82, 2.24) is 4.73 Å². The molecule has 0 spiro atoms. The monoisotopic (exact) mass is 325 g/mol. The first kappa shape index (κ1) is 15.5. The second-order valence-corrected chi connectivity index (χ2v) is 5.02. The number of hydrogen-bond acceptors (Lipinski definition) is 5. The molecule has 1 heterocycles. The lowest BCUT2D eigenvalue weighted by molar-refractivity contribution is 0.0381. The summed E-state index contributed by atoms with van der Waals surface area (Å²) in [6, 6.07) is 18.5. The summed E-state index contributed by atoms with van der Waals surface area (Å²) >= 11 is 0. The summed E-state index contributed by atoms with van der Waals surface area (Å²) in [4.78, 5) is 16.9. The number of benzene rings is 2. The van der Waals surface area contributed by atoms with Gasteiger partial charge in [-0.15, -0.1) is 4.73 Å². The van der Waals surface area contributed by atoms with Gasteiger partial charge in [-0.05, 0) is 29.8 Å². The van der Waals surface area contributed by atoms with Gasteiger partial charge in [-0.2, -0.15) is 0 Å². The molecule has 0 saturated heterocycles. The fourth-order valence-corrected chi connectivity index (χ4v) is 2.06. The summed E-state index contributed by atoms with van der Waals surface area (Å²) < 4.78 is 6.27. The number of ether oxygens (including phenoxy) is 1. The molecule has 0 aliphatic heterocycles. The van der Waals surface area contributed by atoms with E-state index in [0.29, 0.717) is 17.1 Å². The highest BCUT2D eigenvalue weighted by Gasteiger charge is 2.14. The molecule has 122 valence electrons. The van der Waals surface area contributed by atoms with E-state index in [9.17, 15) is 15.0 Å². The van der Waals surface area contributed by atoms with Gasteiger partial charge < -0.3 is 19.8 Å². The molecule has 0 saturated carbocycles. The lowest BCUT2D eigenvalue weighted by Gasteiger charge is -2.08. The molecule has 0 aliphatic rings. The maximum Gasteiger partial charge on any atom is 0.363 e. The van der Waals surface area contributed by atoms with Gasteiger partial charge >= 0.3 is 5.97 Å². The summed E-state index contributed by atoms with van der Waals surface area (Å²) in [5, 5.41) is 18.9. The molecule has 0 fully saturated rings. The fraction of sp³-hybridized carbons (Fsp3) is 0.0556. The van der Waals surface area contributed by atoms with Gasteiger partial charge in [0.1, 0.15) is 12.4 Å². The highest BCUT2D eigenvalue weighted by Crippen LogP contribution is 2.20. The smallest absolute Gasteiger partial charge is 0.363 e. The Morgan fingerprint density at radius 2 is 1.50 bits per heavy atom. The van der Waals surface area contributed by atoms with Crippen LogP contribution in [0.5, 0.6) is 17.5 Å². The van der Waals surface area contributed by atoms with Crippen molar-refractivity contribution in [2.24, 2.45) is 0 Å². The van der Waals surface area contributed by atoms with Crippen LogP contribution in [0.3, 0.4) is 0 Å². The third-order valence-corrected chi connectivity index (χ3v) is 3.31. The minimum atomic E-state index is -0.716. The highest BCUT2D eigenvalue weighted by molar-refractivity contribution is 5.89. The zero-order valence-corrected chi connectivity index (χ0v) is 12.6. The van der Waals surface area contributed by atoms with Gasteiger partial charge in [0.15, 0.2) is 0 Å². The van der Waals surface area contributed by atoms with Crippen molar-refractivity contribution in [2.75, 3.05) is 0 Å². The zero-order chi connectivity index (χ0) is 16.9. The fourth-order valence-electron chi connectivity index (χ4n) is 2.06. The van der Waals surface area contributed by atoms with Crippen molar-refractivity contribution in [3.8, 4) is 17.5 Å². The van der Waals surface area contributed by atoms with Gasteiger partial charge in [0.05, 0.1) is 5.56 Å². The maximum absolute atomic E-state index is 12.0. The van der Waals surface area contributed by atoms with Crippen molar-refractivity contribution in [3.63, 3.8) is 0 Å². The van der Waals surface area contributed by atoms with Gasteiger partial charge in [-0.25, -0.2) is 4.79 Å². The van der Waals surface area contributed by atoms with E-state index >= 15 is 0 Å². The molecule has 24 heavy (non-hydrogen) atoms. The number of rotatable bonds is 5. The van der Waals surface area contributed by atoms with E-state index in [4.69, 9.17) is 9.57 Å². The van der Waals surface area contributed by atoms with Crippen LogP contribution < -0.4 is 9.57 Å². The molecule has 6 nitrogen and oxygen atoms in total. The van der Waals surface area contributed by atoms with E-state index in [1.54, 1.807) is 24.3 Å². The number of carbonyl (C=O) groups is 1. The van der Waals surface area contributed by atoms with Crippen LogP contribution in [0.4, 0.5) is 0 Å². The SMILES string of the molecule is O=C(On1c(O)ccc1O)c1ccc(OCc2ccccc2)cc1. The zero-order valence-electron chi connectivity index (χ0n) is 12.6. The second kappa shape index (κ2) is 6.78. The summed E-state index contributed by atoms with van der Waals surface area (Å²) in [6.07, 6.45) is 0. The summed E-state index contributed by atoms with van der Waals surface area (Å²) in [5.74, 6) is -0.846. The number of nitrogens with zero attached hydrogens (tertiary/aromatic N) is 1. The van der Waals surface area contributed by atoms with Gasteiger partial charge in [0, 0.05) is 12.1 Å². The van der Waals surface area contributed by atoms with Gasteiger partial charge in [0.2, 0.25) is 11.8 Å². The lowest BCUT2D eigenvalue weighted by atomic mass is 10.2. The first-order valence-electron chi connectivity index (χ1n) is 7.22. The topological polar surface area (TPSA) is 80.9 Å². The number of aromatic nitrogens is 1. The molecule has 2 N–H and O–H groups in total. The van der Waals surface area contributed by atoms with Gasteiger partial charge in [-0.1, -0.05) is 30.3 Å². The van der Waals surface area contributed by atoms with Crippen LogP contribution in [0.2, 0.25) is 0 Å². The maximum atomic E-state index is 12.0. The molecule has 0 radical (unpaired) electrons. The summed E-state index contributed by atoms with van der Waals surface area (Å²) in [7, 11) is 0. The average molecular weight is 325 g/mol. The van der Waals surface area contributed by atoms with E-state index in [1.165, 1.54) is 12.1 Å². The second-order valence-electron chi connectivity index (χ2n) is 5.02. The Balaban J connectivity index is 1.62. The van der Waals surface area contributed by atoms with Crippen LogP contribution in [0.15, 0.2) is 66.7 Å². The van der Waals surface area contributed by atoms with Gasteiger partial charge in [0.25, 0.3) is 0 Å². The number of hydrogen-bond donors (Lipinski definition) is 2. The third kappa shape index (κ3) is 3.49. The lowest BCUT2D eigenvalue weighted by Crippen LogP contribution is -2.18. The Labute approximate surface area is 138 Å². The van der Waals surface area contributed by atoms with Crippen LogP contribution in [0, 0.1) is 0 Å². The van der Waals surface area contributed by atoms with Crippen molar-refractivity contribution in [2.45, 2.75) is 6.61 Å². The Morgan fingerprint density at radius 3 is 2.12 bits per heavy atom. The molecule has 0 unspecified atom stereocenters. The molecule has 0 bridgehead atoms. The Kier molecular flexibility index (Phi) is 4.38. The van der Waals surface area contributed by atoms with Crippen LogP contribution in [0.1, 0.15) is 15.9 Å². The third-order valence-electron chi connectivity index (χ3n) is 3.31. The molecule has 0 aliphatic carbocycles. The van der Waals surface area contributed by atoms with Crippen LogP contribution in [0.25, 0.3) is 0 Å². The molecule has 1 aromatic heterocycles. The molecular formula is C18H15NO5. The molecule has 6 heteroatoms. The Hall–Kier alpha value is -3.41. The number of carbonyl (C=O) groups excluding carboxylic acids is 1. The predicted octanol–water partition coefficient (Wildman–Crippen LogP) is 2.75. The summed E-state index contributed by atoms with van der Waals surface area (Å²) in [5.41, 5.74) is 1.30. The van der Waals surface area contributed by atoms with E-state index in [0.717, 1.165) is 5.56 Å². The Morgan fingerprint density at radius 1 is 0.875 bits per heavy atom. The first-order chi connectivity index (χ1) is 11.6. The minimum absolute atomic E-state index is 0.259. The first-order valence-corrected chi connectivity index (χ1v) is 7.22. The largest absolute Gasteiger partial charge is 0.492 e. The van der Waals surface area contributed by atoms with Crippen LogP contribution in [-0.4, -0.2) is 20.9 Å². The predicted molar refractivity (Wildman–Crippen MR) is 85.9 cm³/mol. The molecule has 0 amide bonds. The molecule has 3 aromatic rings. The molecular weight excluding hydrogens is 310 g/mol. The van der Waals surface area contributed by atoms with Crippen molar-refractivity contribution < 1.29 is 24.6 Å². The van der Waals surface area contributed by atoms with Crippen LogP contribution in [-0.2, 0) is 6.61 Å². The molecule has 0 atom stereocenters. The Bertz CT molecular complexity index is 805. The van der Waals surface area contributed by atoms with Crippen LogP contribution >= 0.6 is 0 Å². The normalized spacial score (nSPS) is 10.3. The summed E-state index contributed by atoms with van der Waals surface area (Å²) in [6.45, 7) is 0.426. The molecule has 3 rings (SSSR count). The highest BCUT2D eigenvalue weighted by atomic mass is 16.7. The van der Waals surface area contributed by atoms with Crippen molar-refractivity contribution in [3.05, 3.63) is 77.9 Å². The standard InChI is InChI=1S/C18H15NO5/c20-16-10-11-17(21)19(16)24-18(22)14-6-8-15(9-7-14)23-12-13-4-2-1-3-5-13/h1-11,20-21H,12H2.